The average molecular weight is 298 g/mol. The molecule has 0 saturated carbocycles. The van der Waals surface area contributed by atoms with Crippen molar-refractivity contribution in [3.05, 3.63) is 65.5 Å². The van der Waals surface area contributed by atoms with Crippen molar-refractivity contribution >= 4 is 11.6 Å². The van der Waals surface area contributed by atoms with Gasteiger partial charge < -0.3 is 10.6 Å². The lowest BCUT2D eigenvalue weighted by Gasteiger charge is -2.26. The molecule has 1 aliphatic rings. The fraction of sp³-hybridized carbons (Fsp3) is 0.278. The van der Waals surface area contributed by atoms with Crippen LogP contribution in [0.2, 0.25) is 0 Å². The summed E-state index contributed by atoms with van der Waals surface area (Å²) in [6.45, 7) is 0.141. The molecule has 2 aromatic rings. The van der Waals surface area contributed by atoms with Gasteiger partial charge in [0.2, 0.25) is 5.91 Å². The van der Waals surface area contributed by atoms with E-state index in [-0.39, 0.29) is 24.3 Å². The molecule has 2 N–H and O–H groups in total. The van der Waals surface area contributed by atoms with Crippen LogP contribution in [-0.2, 0) is 11.2 Å². The van der Waals surface area contributed by atoms with Crippen molar-refractivity contribution in [2.24, 2.45) is 0 Å². The third kappa shape index (κ3) is 3.45. The molecular weight excluding hydrogens is 279 g/mol. The summed E-state index contributed by atoms with van der Waals surface area (Å²) in [5.41, 5.74) is 3.14. The fourth-order valence-electron chi connectivity index (χ4n) is 2.93. The molecule has 22 heavy (non-hydrogen) atoms. The molecule has 0 bridgehead atoms. The van der Waals surface area contributed by atoms with Crippen molar-refractivity contribution in [2.75, 3.05) is 11.9 Å². The van der Waals surface area contributed by atoms with Gasteiger partial charge in [-0.1, -0.05) is 30.3 Å². The van der Waals surface area contributed by atoms with Crippen molar-refractivity contribution in [1.82, 2.24) is 5.32 Å². The van der Waals surface area contributed by atoms with Crippen molar-refractivity contribution in [3.63, 3.8) is 0 Å². The Bertz CT molecular complexity index is 672. The van der Waals surface area contributed by atoms with Crippen molar-refractivity contribution < 1.29 is 9.18 Å². The SMILES string of the molecule is O=C(CNc1cccc(F)c1)NC1CCCc2ccccc21. The largest absolute Gasteiger partial charge is 0.376 e. The Balaban J connectivity index is 1.59. The Hall–Kier alpha value is -2.36. The molecule has 1 atom stereocenters. The van der Waals surface area contributed by atoms with E-state index in [1.54, 1.807) is 12.1 Å². The number of aryl methyl sites for hydroxylation is 1. The highest BCUT2D eigenvalue weighted by molar-refractivity contribution is 5.81. The second-order valence-corrected chi connectivity index (χ2v) is 5.58. The Morgan fingerprint density at radius 2 is 2.05 bits per heavy atom. The number of carbonyl (C=O) groups is 1. The quantitative estimate of drug-likeness (QED) is 0.908. The highest BCUT2D eigenvalue weighted by atomic mass is 19.1. The lowest BCUT2D eigenvalue weighted by atomic mass is 9.88. The van der Waals surface area contributed by atoms with Crippen LogP contribution in [-0.4, -0.2) is 12.5 Å². The number of anilines is 1. The number of rotatable bonds is 4. The molecule has 3 nitrogen and oxygen atoms in total. The van der Waals surface area contributed by atoms with Crippen LogP contribution < -0.4 is 10.6 Å². The van der Waals surface area contributed by atoms with Crippen LogP contribution in [0, 0.1) is 5.82 Å². The third-order valence-electron chi connectivity index (χ3n) is 3.98. The molecular formula is C18H19FN2O. The summed E-state index contributed by atoms with van der Waals surface area (Å²) in [7, 11) is 0. The predicted molar refractivity (Wildman–Crippen MR) is 85.2 cm³/mol. The zero-order valence-electron chi connectivity index (χ0n) is 12.3. The molecule has 0 fully saturated rings. The van der Waals surface area contributed by atoms with Gasteiger partial charge in [0.15, 0.2) is 0 Å². The van der Waals surface area contributed by atoms with Crippen LogP contribution in [0.3, 0.4) is 0 Å². The first-order chi connectivity index (χ1) is 10.7. The summed E-state index contributed by atoms with van der Waals surface area (Å²) in [5, 5.41) is 6.01. The van der Waals surface area contributed by atoms with Crippen LogP contribution in [0.5, 0.6) is 0 Å². The number of hydrogen-bond donors (Lipinski definition) is 2. The molecule has 3 rings (SSSR count). The highest BCUT2D eigenvalue weighted by Crippen LogP contribution is 2.29. The van der Waals surface area contributed by atoms with Crippen molar-refractivity contribution in [3.8, 4) is 0 Å². The molecule has 1 aliphatic carbocycles. The first-order valence-corrected chi connectivity index (χ1v) is 7.59. The van der Waals surface area contributed by atoms with Gasteiger partial charge in [-0.2, -0.15) is 0 Å². The van der Waals surface area contributed by atoms with Crippen LogP contribution in [0.4, 0.5) is 10.1 Å². The van der Waals surface area contributed by atoms with E-state index in [4.69, 9.17) is 0 Å². The summed E-state index contributed by atoms with van der Waals surface area (Å²) >= 11 is 0. The van der Waals surface area contributed by atoms with E-state index in [2.05, 4.69) is 22.8 Å². The van der Waals surface area contributed by atoms with E-state index in [1.807, 2.05) is 12.1 Å². The fourth-order valence-corrected chi connectivity index (χ4v) is 2.93. The van der Waals surface area contributed by atoms with Gasteiger partial charge in [-0.15, -0.1) is 0 Å². The van der Waals surface area contributed by atoms with Gasteiger partial charge >= 0.3 is 0 Å². The topological polar surface area (TPSA) is 41.1 Å². The van der Waals surface area contributed by atoms with E-state index < -0.39 is 0 Å². The standard InChI is InChI=1S/C18H19FN2O/c19-14-7-4-8-15(11-14)20-12-18(22)21-17-10-3-6-13-5-1-2-9-16(13)17/h1-2,4-5,7-9,11,17,20H,3,6,10,12H2,(H,21,22). The molecule has 0 saturated heterocycles. The maximum Gasteiger partial charge on any atom is 0.239 e. The van der Waals surface area contributed by atoms with E-state index in [0.717, 1.165) is 19.3 Å². The highest BCUT2D eigenvalue weighted by Gasteiger charge is 2.21. The molecule has 2 aromatic carbocycles. The molecule has 4 heteroatoms. The zero-order chi connectivity index (χ0) is 15.4. The van der Waals surface area contributed by atoms with Gasteiger partial charge in [-0.05, 0) is 48.6 Å². The Morgan fingerprint density at radius 1 is 1.18 bits per heavy atom. The summed E-state index contributed by atoms with van der Waals surface area (Å²) < 4.78 is 13.1. The lowest BCUT2D eigenvalue weighted by Crippen LogP contribution is -2.35. The molecule has 0 aliphatic heterocycles. The molecule has 1 unspecified atom stereocenters. The number of nitrogens with one attached hydrogen (secondary N) is 2. The number of hydrogen-bond acceptors (Lipinski definition) is 2. The molecule has 114 valence electrons. The number of amides is 1. The van der Waals surface area contributed by atoms with Crippen LogP contribution >= 0.6 is 0 Å². The van der Waals surface area contributed by atoms with Gasteiger partial charge in [-0.3, -0.25) is 4.79 Å². The smallest absolute Gasteiger partial charge is 0.239 e. The van der Waals surface area contributed by atoms with Gasteiger partial charge in [0, 0.05) is 5.69 Å². The first kappa shape index (κ1) is 14.6. The number of benzene rings is 2. The van der Waals surface area contributed by atoms with Crippen LogP contribution in [0.25, 0.3) is 0 Å². The second-order valence-electron chi connectivity index (χ2n) is 5.58. The molecule has 0 radical (unpaired) electrons. The molecule has 0 spiro atoms. The normalized spacial score (nSPS) is 16.7. The Labute approximate surface area is 129 Å². The summed E-state index contributed by atoms with van der Waals surface area (Å²) in [6, 6.07) is 14.4. The monoisotopic (exact) mass is 298 g/mol. The first-order valence-electron chi connectivity index (χ1n) is 7.59. The maximum atomic E-state index is 13.1. The van der Waals surface area contributed by atoms with Crippen LogP contribution in [0.1, 0.15) is 30.0 Å². The van der Waals surface area contributed by atoms with Gasteiger partial charge in [-0.25, -0.2) is 4.39 Å². The third-order valence-corrected chi connectivity index (χ3v) is 3.98. The van der Waals surface area contributed by atoms with E-state index in [0.29, 0.717) is 5.69 Å². The van der Waals surface area contributed by atoms with Gasteiger partial charge in [0.25, 0.3) is 0 Å². The lowest BCUT2D eigenvalue weighted by molar-refractivity contribution is -0.120. The summed E-state index contributed by atoms with van der Waals surface area (Å²) in [6.07, 6.45) is 3.12. The minimum absolute atomic E-state index is 0.0757. The van der Waals surface area contributed by atoms with Crippen molar-refractivity contribution in [1.29, 1.82) is 0 Å². The predicted octanol–water partition coefficient (Wildman–Crippen LogP) is 3.43. The molecule has 0 aromatic heterocycles. The van der Waals surface area contributed by atoms with Gasteiger partial charge in [0.05, 0.1) is 12.6 Å². The zero-order valence-corrected chi connectivity index (χ0v) is 12.3. The van der Waals surface area contributed by atoms with Crippen LogP contribution in [0.15, 0.2) is 48.5 Å². The van der Waals surface area contributed by atoms with Crippen molar-refractivity contribution in [2.45, 2.75) is 25.3 Å². The molecule has 1 amide bonds. The number of carbonyl (C=O) groups excluding carboxylic acids is 1. The number of halogens is 1. The molecule has 0 heterocycles. The van der Waals surface area contributed by atoms with E-state index in [9.17, 15) is 9.18 Å². The summed E-state index contributed by atoms with van der Waals surface area (Å²) in [4.78, 5) is 12.1. The van der Waals surface area contributed by atoms with E-state index in [1.165, 1.54) is 23.3 Å². The number of fused-ring (bicyclic) bond motifs is 1. The second kappa shape index (κ2) is 6.60. The maximum absolute atomic E-state index is 13.1. The van der Waals surface area contributed by atoms with E-state index >= 15 is 0 Å². The minimum Gasteiger partial charge on any atom is -0.376 e. The Kier molecular flexibility index (Phi) is 4.37. The van der Waals surface area contributed by atoms with Gasteiger partial charge in [0.1, 0.15) is 5.82 Å². The Morgan fingerprint density at radius 3 is 2.91 bits per heavy atom. The average Bonchev–Trinajstić information content (AvgIpc) is 2.53. The minimum atomic E-state index is -0.313. The summed E-state index contributed by atoms with van der Waals surface area (Å²) in [5.74, 6) is -0.391.